The Kier molecular flexibility index (Phi) is 4.32. The van der Waals surface area contributed by atoms with Gasteiger partial charge >= 0.3 is 0 Å². The highest BCUT2D eigenvalue weighted by Gasteiger charge is 2.24. The number of fused-ring (bicyclic) bond motifs is 1. The smallest absolute Gasteiger partial charge is 0.227 e. The number of carbonyl (C=O) groups excluding carboxylic acids is 2. The Morgan fingerprint density at radius 3 is 3.04 bits per heavy atom. The van der Waals surface area contributed by atoms with Crippen LogP contribution in [0.15, 0.2) is 24.4 Å². The van der Waals surface area contributed by atoms with Gasteiger partial charge in [-0.25, -0.2) is 4.39 Å². The molecule has 0 radical (unpaired) electrons. The van der Waals surface area contributed by atoms with Crippen LogP contribution in [0, 0.1) is 5.82 Å². The summed E-state index contributed by atoms with van der Waals surface area (Å²) in [6.07, 6.45) is 3.82. The van der Waals surface area contributed by atoms with E-state index in [4.69, 9.17) is 0 Å². The van der Waals surface area contributed by atoms with Gasteiger partial charge in [-0.3, -0.25) is 9.59 Å². The van der Waals surface area contributed by atoms with Crippen LogP contribution in [0.25, 0.3) is 10.9 Å². The number of aromatic nitrogens is 1. The minimum Gasteiger partial charge on any atom is -0.361 e. The van der Waals surface area contributed by atoms with Crippen LogP contribution in [0.5, 0.6) is 0 Å². The highest BCUT2D eigenvalue weighted by molar-refractivity contribution is 5.89. The van der Waals surface area contributed by atoms with Crippen molar-refractivity contribution in [2.45, 2.75) is 32.2 Å². The molecular formula is C17H20FN3O2. The second kappa shape index (κ2) is 6.40. The van der Waals surface area contributed by atoms with E-state index in [0.29, 0.717) is 18.6 Å². The number of nitrogens with one attached hydrogen (secondary N) is 2. The largest absolute Gasteiger partial charge is 0.361 e. The number of hydrogen-bond acceptors (Lipinski definition) is 2. The first-order chi connectivity index (χ1) is 11.0. The van der Waals surface area contributed by atoms with Crippen molar-refractivity contribution in [2.75, 3.05) is 13.1 Å². The molecule has 1 aromatic carbocycles. The number of H-pyrrole nitrogens is 1. The van der Waals surface area contributed by atoms with Gasteiger partial charge in [0.1, 0.15) is 5.82 Å². The molecule has 1 saturated heterocycles. The molecule has 2 amide bonds. The van der Waals surface area contributed by atoms with Crippen molar-refractivity contribution < 1.29 is 14.0 Å². The normalized spacial score (nSPS) is 18.2. The first-order valence-electron chi connectivity index (χ1n) is 7.83. The average molecular weight is 317 g/mol. The lowest BCUT2D eigenvalue weighted by Crippen LogP contribution is -2.49. The number of rotatable bonds is 3. The quantitative estimate of drug-likeness (QED) is 0.909. The van der Waals surface area contributed by atoms with E-state index < -0.39 is 0 Å². The van der Waals surface area contributed by atoms with Crippen LogP contribution < -0.4 is 5.32 Å². The van der Waals surface area contributed by atoms with Gasteiger partial charge in [0.2, 0.25) is 11.8 Å². The Balaban J connectivity index is 1.69. The van der Waals surface area contributed by atoms with Crippen molar-refractivity contribution in [1.29, 1.82) is 0 Å². The number of aromatic amines is 1. The highest BCUT2D eigenvalue weighted by atomic mass is 19.1. The topological polar surface area (TPSA) is 65.2 Å². The van der Waals surface area contributed by atoms with E-state index in [2.05, 4.69) is 10.3 Å². The third-order valence-electron chi connectivity index (χ3n) is 4.25. The van der Waals surface area contributed by atoms with E-state index in [9.17, 15) is 14.0 Å². The standard InChI is InChI=1S/C17H20FN3O2/c1-11(22)20-14-3-2-6-21(10-14)17(23)7-12-9-19-16-8-13(18)4-5-15(12)16/h4-5,8-9,14,19H,2-3,6-7,10H2,1H3,(H,20,22)/t14-/m1/s1. The zero-order chi connectivity index (χ0) is 16.4. The Bertz CT molecular complexity index is 741. The monoisotopic (exact) mass is 317 g/mol. The van der Waals surface area contributed by atoms with E-state index in [1.807, 2.05) is 0 Å². The summed E-state index contributed by atoms with van der Waals surface area (Å²) in [5, 5.41) is 3.75. The molecule has 122 valence electrons. The molecule has 1 aliphatic rings. The second-order valence-corrected chi connectivity index (χ2v) is 6.06. The Morgan fingerprint density at radius 2 is 2.26 bits per heavy atom. The van der Waals surface area contributed by atoms with Crippen molar-refractivity contribution in [2.24, 2.45) is 0 Å². The van der Waals surface area contributed by atoms with Crippen molar-refractivity contribution in [3.8, 4) is 0 Å². The molecule has 0 aliphatic carbocycles. The van der Waals surface area contributed by atoms with Crippen LogP contribution in [0.4, 0.5) is 4.39 Å². The summed E-state index contributed by atoms with van der Waals surface area (Å²) in [6, 6.07) is 4.55. The van der Waals surface area contributed by atoms with E-state index >= 15 is 0 Å². The van der Waals surface area contributed by atoms with Crippen LogP contribution >= 0.6 is 0 Å². The van der Waals surface area contributed by atoms with E-state index in [-0.39, 0.29) is 30.1 Å². The SMILES string of the molecule is CC(=O)N[C@@H]1CCCN(C(=O)Cc2c[nH]c3cc(F)ccc23)C1. The lowest BCUT2D eigenvalue weighted by atomic mass is 10.0. The minimum absolute atomic E-state index is 0.0299. The maximum Gasteiger partial charge on any atom is 0.227 e. The first kappa shape index (κ1) is 15.5. The summed E-state index contributed by atoms with van der Waals surface area (Å²) in [7, 11) is 0. The van der Waals surface area contributed by atoms with E-state index in [1.165, 1.54) is 19.1 Å². The fraction of sp³-hybridized carbons (Fsp3) is 0.412. The summed E-state index contributed by atoms with van der Waals surface area (Å²) in [5.41, 5.74) is 1.56. The molecule has 1 aliphatic heterocycles. The molecule has 5 nitrogen and oxygen atoms in total. The molecule has 1 atom stereocenters. The Morgan fingerprint density at radius 1 is 1.43 bits per heavy atom. The van der Waals surface area contributed by atoms with Crippen LogP contribution in [0.3, 0.4) is 0 Å². The number of amides is 2. The predicted molar refractivity (Wildman–Crippen MR) is 85.4 cm³/mol. The number of likely N-dealkylation sites (tertiary alicyclic amines) is 1. The summed E-state index contributed by atoms with van der Waals surface area (Å²) < 4.78 is 13.2. The van der Waals surface area contributed by atoms with Gasteiger partial charge < -0.3 is 15.2 Å². The molecule has 6 heteroatoms. The molecule has 2 N–H and O–H groups in total. The maximum absolute atomic E-state index is 13.2. The van der Waals surface area contributed by atoms with E-state index in [1.54, 1.807) is 17.2 Å². The molecule has 1 fully saturated rings. The Labute approximate surface area is 133 Å². The Hall–Kier alpha value is -2.37. The molecule has 23 heavy (non-hydrogen) atoms. The van der Waals surface area contributed by atoms with Crippen molar-refractivity contribution in [1.82, 2.24) is 15.2 Å². The molecule has 0 spiro atoms. The van der Waals surface area contributed by atoms with Gasteiger partial charge in [0, 0.05) is 43.2 Å². The zero-order valence-corrected chi connectivity index (χ0v) is 13.1. The molecule has 0 bridgehead atoms. The van der Waals surface area contributed by atoms with Gasteiger partial charge in [0.25, 0.3) is 0 Å². The minimum atomic E-state index is -0.300. The highest BCUT2D eigenvalue weighted by Crippen LogP contribution is 2.21. The fourth-order valence-electron chi connectivity index (χ4n) is 3.19. The third-order valence-corrected chi connectivity index (χ3v) is 4.25. The first-order valence-corrected chi connectivity index (χ1v) is 7.83. The third kappa shape index (κ3) is 3.52. The van der Waals surface area contributed by atoms with Crippen LogP contribution in [-0.4, -0.2) is 40.8 Å². The van der Waals surface area contributed by atoms with Gasteiger partial charge in [-0.2, -0.15) is 0 Å². The predicted octanol–water partition coefficient (Wildman–Crippen LogP) is 1.98. The number of nitrogens with zero attached hydrogens (tertiary/aromatic N) is 1. The summed E-state index contributed by atoms with van der Waals surface area (Å²) >= 11 is 0. The molecule has 2 aromatic rings. The lowest BCUT2D eigenvalue weighted by molar-refractivity contribution is -0.132. The van der Waals surface area contributed by atoms with Gasteiger partial charge in [-0.05, 0) is 36.6 Å². The number of halogens is 1. The summed E-state index contributed by atoms with van der Waals surface area (Å²) in [6.45, 7) is 2.76. The number of hydrogen-bond donors (Lipinski definition) is 2. The van der Waals surface area contributed by atoms with Gasteiger partial charge in [-0.15, -0.1) is 0 Å². The molecule has 2 heterocycles. The van der Waals surface area contributed by atoms with Gasteiger partial charge in [-0.1, -0.05) is 0 Å². The van der Waals surface area contributed by atoms with E-state index in [0.717, 1.165) is 23.8 Å². The number of carbonyl (C=O) groups is 2. The molecule has 1 aromatic heterocycles. The molecule has 0 unspecified atom stereocenters. The summed E-state index contributed by atoms with van der Waals surface area (Å²) in [4.78, 5) is 28.5. The van der Waals surface area contributed by atoms with Gasteiger partial charge in [0.05, 0.1) is 6.42 Å². The molecule has 3 rings (SSSR count). The zero-order valence-electron chi connectivity index (χ0n) is 13.1. The van der Waals surface area contributed by atoms with Crippen molar-refractivity contribution in [3.63, 3.8) is 0 Å². The maximum atomic E-state index is 13.2. The molecule has 0 saturated carbocycles. The summed E-state index contributed by atoms with van der Waals surface area (Å²) in [5.74, 6) is -0.334. The van der Waals surface area contributed by atoms with Crippen LogP contribution in [-0.2, 0) is 16.0 Å². The van der Waals surface area contributed by atoms with Crippen molar-refractivity contribution >= 4 is 22.7 Å². The number of benzene rings is 1. The molecular weight excluding hydrogens is 297 g/mol. The van der Waals surface area contributed by atoms with Gasteiger partial charge in [0.15, 0.2) is 0 Å². The second-order valence-electron chi connectivity index (χ2n) is 6.06. The van der Waals surface area contributed by atoms with Crippen LogP contribution in [0.2, 0.25) is 0 Å². The number of piperidine rings is 1. The van der Waals surface area contributed by atoms with Crippen molar-refractivity contribution in [3.05, 3.63) is 35.8 Å². The lowest BCUT2D eigenvalue weighted by Gasteiger charge is -2.33. The fourth-order valence-corrected chi connectivity index (χ4v) is 3.19. The average Bonchev–Trinajstić information content (AvgIpc) is 2.89. The van der Waals surface area contributed by atoms with Crippen LogP contribution in [0.1, 0.15) is 25.3 Å².